The molecule has 0 bridgehead atoms. The molecule has 0 aromatic heterocycles. The van der Waals surface area contributed by atoms with E-state index < -0.39 is 0 Å². The van der Waals surface area contributed by atoms with Gasteiger partial charge < -0.3 is 4.43 Å². The predicted molar refractivity (Wildman–Crippen MR) is 31.4 cm³/mol. The van der Waals surface area contributed by atoms with Gasteiger partial charge in [0.2, 0.25) is 0 Å². The lowest BCUT2D eigenvalue weighted by molar-refractivity contribution is -0.128. The molecular weight excluding hydrogens is 120 g/mol. The van der Waals surface area contributed by atoms with Crippen LogP contribution in [0.2, 0.25) is 6.55 Å². The molecule has 3 heteroatoms. The van der Waals surface area contributed by atoms with Gasteiger partial charge in [-0.2, -0.15) is 0 Å². The molecule has 0 aliphatic rings. The topological polar surface area (TPSA) is 26.3 Å². The fourth-order valence-corrected chi connectivity index (χ4v) is 0.473. The average Bonchev–Trinajstić information content (AvgIpc) is 1.68. The van der Waals surface area contributed by atoms with Gasteiger partial charge >= 0.3 is 15.7 Å². The Hall–Kier alpha value is -0.793. The molecule has 0 aliphatic carbocycles. The van der Waals surface area contributed by atoms with Crippen molar-refractivity contribution in [3.63, 3.8) is 0 Å². The second kappa shape index (κ2) is 4.37. The van der Waals surface area contributed by atoms with Crippen molar-refractivity contribution in [2.45, 2.75) is 6.55 Å². The zero-order valence-corrected chi connectivity index (χ0v) is 5.60. The zero-order valence-electron chi connectivity index (χ0n) is 4.60. The van der Waals surface area contributed by atoms with Crippen molar-refractivity contribution in [2.75, 3.05) is 0 Å². The predicted octanol–water partition coefficient (Wildman–Crippen LogP) is 0.538. The SMILES string of the molecule is C=C=CC(=O)O[Si]C. The monoisotopic (exact) mass is 126 g/mol. The summed E-state index contributed by atoms with van der Waals surface area (Å²) in [6, 6.07) is 0. The van der Waals surface area contributed by atoms with E-state index in [0.717, 1.165) is 6.08 Å². The van der Waals surface area contributed by atoms with Gasteiger partial charge in [0.25, 0.3) is 0 Å². The van der Waals surface area contributed by atoms with E-state index in [2.05, 4.69) is 16.7 Å². The van der Waals surface area contributed by atoms with E-state index in [1.54, 1.807) is 6.55 Å². The Labute approximate surface area is 50.8 Å². The summed E-state index contributed by atoms with van der Waals surface area (Å²) < 4.78 is 4.51. The summed E-state index contributed by atoms with van der Waals surface area (Å²) in [5.41, 5.74) is 2.31. The van der Waals surface area contributed by atoms with Crippen LogP contribution in [0.1, 0.15) is 0 Å². The molecule has 0 saturated carbocycles. The fourth-order valence-electron chi connectivity index (χ4n) is 0.213. The number of carbonyl (C=O) groups is 1. The summed E-state index contributed by atoms with van der Waals surface area (Å²) in [5, 5.41) is 0. The molecule has 0 saturated heterocycles. The molecule has 2 nitrogen and oxygen atoms in total. The molecule has 0 aromatic carbocycles. The minimum absolute atomic E-state index is 0.199. The highest BCUT2D eigenvalue weighted by Crippen LogP contribution is 1.74. The third-order valence-electron chi connectivity index (χ3n) is 0.423. The highest BCUT2D eigenvalue weighted by Gasteiger charge is 1.89. The van der Waals surface area contributed by atoms with E-state index >= 15 is 0 Å². The van der Waals surface area contributed by atoms with E-state index in [0.29, 0.717) is 0 Å². The van der Waals surface area contributed by atoms with Crippen LogP contribution in [0.15, 0.2) is 18.4 Å². The molecule has 0 spiro atoms. The van der Waals surface area contributed by atoms with Crippen LogP contribution in [-0.2, 0) is 9.22 Å². The van der Waals surface area contributed by atoms with Crippen molar-refractivity contribution >= 4 is 15.7 Å². The molecule has 2 radical (unpaired) electrons. The van der Waals surface area contributed by atoms with Crippen LogP contribution in [0.5, 0.6) is 0 Å². The van der Waals surface area contributed by atoms with Crippen molar-refractivity contribution in [1.29, 1.82) is 0 Å². The zero-order chi connectivity index (χ0) is 6.41. The summed E-state index contributed by atoms with van der Waals surface area (Å²) in [4.78, 5) is 10.3. The van der Waals surface area contributed by atoms with Gasteiger partial charge in [-0.15, -0.1) is 5.73 Å². The van der Waals surface area contributed by atoms with Crippen molar-refractivity contribution in [1.82, 2.24) is 0 Å². The molecule has 0 amide bonds. The second-order valence-electron chi connectivity index (χ2n) is 0.974. The highest BCUT2D eigenvalue weighted by molar-refractivity contribution is 6.29. The molecule has 0 unspecified atom stereocenters. The summed E-state index contributed by atoms with van der Waals surface area (Å²) in [6.45, 7) is 4.98. The van der Waals surface area contributed by atoms with E-state index in [1.807, 2.05) is 0 Å². The molecule has 0 atom stereocenters. The summed E-state index contributed by atoms with van der Waals surface area (Å²) in [5.74, 6) is -0.374. The van der Waals surface area contributed by atoms with Gasteiger partial charge in [-0.3, -0.25) is 0 Å². The van der Waals surface area contributed by atoms with Crippen molar-refractivity contribution < 1.29 is 9.22 Å². The van der Waals surface area contributed by atoms with Gasteiger partial charge in [0.1, 0.15) is 0 Å². The molecule has 0 heterocycles. The average molecular weight is 126 g/mol. The number of hydrogen-bond acceptors (Lipinski definition) is 2. The summed E-state index contributed by atoms with van der Waals surface area (Å²) in [6.07, 6.45) is 1.16. The van der Waals surface area contributed by atoms with Crippen LogP contribution in [0, 0.1) is 0 Å². The van der Waals surface area contributed by atoms with Gasteiger partial charge in [-0.25, -0.2) is 4.79 Å². The van der Waals surface area contributed by atoms with Gasteiger partial charge in [0.05, 0.1) is 6.08 Å². The maximum atomic E-state index is 10.3. The number of hydrogen-bond donors (Lipinski definition) is 0. The first-order valence-electron chi connectivity index (χ1n) is 2.04. The van der Waals surface area contributed by atoms with Gasteiger partial charge in [-0.1, -0.05) is 6.58 Å². The third kappa shape index (κ3) is 3.40. The Morgan fingerprint density at radius 1 is 2.00 bits per heavy atom. The normalized spacial score (nSPS) is 7.12. The number of rotatable bonds is 2. The van der Waals surface area contributed by atoms with Crippen LogP contribution >= 0.6 is 0 Å². The lowest BCUT2D eigenvalue weighted by atomic mass is 10.6. The minimum atomic E-state index is -0.374. The highest BCUT2D eigenvalue weighted by atomic mass is 28.2. The molecule has 8 heavy (non-hydrogen) atoms. The lowest BCUT2D eigenvalue weighted by Gasteiger charge is -1.89. The Balaban J connectivity index is 3.49. The van der Waals surface area contributed by atoms with Gasteiger partial charge in [0.15, 0.2) is 0 Å². The number of carbonyl (C=O) groups excluding carboxylic acids is 1. The van der Waals surface area contributed by atoms with Crippen LogP contribution in [-0.4, -0.2) is 15.7 Å². The van der Waals surface area contributed by atoms with Crippen molar-refractivity contribution in [3.05, 3.63) is 18.4 Å². The molecular formula is C5H6O2Si. The van der Waals surface area contributed by atoms with Crippen LogP contribution in [0.4, 0.5) is 0 Å². The fraction of sp³-hybridized carbons (Fsp3) is 0.200. The maximum Gasteiger partial charge on any atom is 0.325 e. The van der Waals surface area contributed by atoms with Crippen molar-refractivity contribution in [2.24, 2.45) is 0 Å². The Kier molecular flexibility index (Phi) is 3.93. The van der Waals surface area contributed by atoms with Gasteiger partial charge in [-0.05, 0) is 6.55 Å². The quantitative estimate of drug-likeness (QED) is 0.306. The second-order valence-corrected chi connectivity index (χ2v) is 1.59. The smallest absolute Gasteiger partial charge is 0.325 e. The molecule has 0 aromatic rings. The Bertz CT molecular complexity index is 124. The van der Waals surface area contributed by atoms with Crippen LogP contribution < -0.4 is 0 Å². The molecule has 0 aliphatic heterocycles. The third-order valence-corrected chi connectivity index (χ3v) is 0.828. The van der Waals surface area contributed by atoms with E-state index in [4.69, 9.17) is 0 Å². The minimum Gasteiger partial charge on any atom is -0.513 e. The summed E-state index contributed by atoms with van der Waals surface area (Å²) >= 11 is 0. The van der Waals surface area contributed by atoms with E-state index in [1.165, 1.54) is 0 Å². The van der Waals surface area contributed by atoms with E-state index in [9.17, 15) is 4.79 Å². The van der Waals surface area contributed by atoms with E-state index in [-0.39, 0.29) is 15.7 Å². The Morgan fingerprint density at radius 3 is 3.00 bits per heavy atom. The standard InChI is InChI=1S/C5H6O2Si/c1-3-4-5(6)7-8-2/h4H,1H2,2H3. The first kappa shape index (κ1) is 7.21. The Morgan fingerprint density at radius 2 is 2.62 bits per heavy atom. The van der Waals surface area contributed by atoms with Crippen LogP contribution in [0.25, 0.3) is 0 Å². The molecule has 0 N–H and O–H groups in total. The van der Waals surface area contributed by atoms with Crippen molar-refractivity contribution in [3.8, 4) is 0 Å². The molecule has 0 fully saturated rings. The first-order chi connectivity index (χ1) is 3.81. The molecule has 0 rings (SSSR count). The van der Waals surface area contributed by atoms with Gasteiger partial charge in [0, 0.05) is 0 Å². The molecule has 42 valence electrons. The first-order valence-corrected chi connectivity index (χ1v) is 3.45. The largest absolute Gasteiger partial charge is 0.513 e. The summed E-state index contributed by atoms with van der Waals surface area (Å²) in [7, 11) is 0.199. The van der Waals surface area contributed by atoms with Crippen LogP contribution in [0.3, 0.4) is 0 Å². The maximum absolute atomic E-state index is 10.3. The lowest BCUT2D eigenvalue weighted by Crippen LogP contribution is -2.00.